The Labute approximate surface area is 118 Å². The second-order valence-electron chi connectivity index (χ2n) is 3.51. The number of hydrogen-bond donors (Lipinski definition) is 2. The van der Waals surface area contributed by atoms with E-state index in [-0.39, 0.29) is 10.6 Å². The van der Waals surface area contributed by atoms with Gasteiger partial charge in [0, 0.05) is 4.91 Å². The summed E-state index contributed by atoms with van der Waals surface area (Å²) in [6.45, 7) is 0. The van der Waals surface area contributed by atoms with Gasteiger partial charge in [-0.05, 0) is 23.8 Å². The molecular formula is C12H7Cl2N3S. The zero-order chi connectivity index (χ0) is 13.3. The molecule has 0 unspecified atom stereocenters. The third kappa shape index (κ3) is 2.39. The van der Waals surface area contributed by atoms with Crippen LogP contribution in [0.5, 0.6) is 0 Å². The Hall–Kier alpha value is -1.41. The fourth-order valence-corrected chi connectivity index (χ4v) is 2.62. The second kappa shape index (κ2) is 5.07. The highest BCUT2D eigenvalue weighted by molar-refractivity contribution is 8.18. The summed E-state index contributed by atoms with van der Waals surface area (Å²) in [5, 5.41) is 17.6. The van der Waals surface area contributed by atoms with Crippen LogP contribution in [0.1, 0.15) is 5.56 Å². The Morgan fingerprint density at radius 2 is 2.06 bits per heavy atom. The molecule has 0 radical (unpaired) electrons. The quantitative estimate of drug-likeness (QED) is 0.828. The van der Waals surface area contributed by atoms with Crippen molar-refractivity contribution in [1.29, 1.82) is 10.7 Å². The van der Waals surface area contributed by atoms with Crippen LogP contribution < -0.4 is 5.73 Å². The Kier molecular flexibility index (Phi) is 3.67. The summed E-state index contributed by atoms with van der Waals surface area (Å²) in [5.41, 5.74) is 7.18. The second-order valence-corrected chi connectivity index (χ2v) is 5.38. The predicted molar refractivity (Wildman–Crippen MR) is 76.6 cm³/mol. The minimum atomic E-state index is 0.168. The van der Waals surface area contributed by atoms with Gasteiger partial charge in [0.25, 0.3) is 0 Å². The lowest BCUT2D eigenvalue weighted by molar-refractivity contribution is 1.38. The van der Waals surface area contributed by atoms with Crippen LogP contribution in [0, 0.1) is 16.7 Å². The van der Waals surface area contributed by atoms with Gasteiger partial charge in [0.2, 0.25) is 0 Å². The lowest BCUT2D eigenvalue weighted by Gasteiger charge is -2.00. The molecular weight excluding hydrogens is 289 g/mol. The maximum absolute atomic E-state index is 8.86. The lowest BCUT2D eigenvalue weighted by Crippen LogP contribution is -1.98. The molecule has 6 heteroatoms. The average Bonchev–Trinajstić information content (AvgIpc) is 2.59. The van der Waals surface area contributed by atoms with Crippen molar-refractivity contribution in [3.8, 4) is 6.07 Å². The molecule has 0 aromatic heterocycles. The number of halogens is 2. The van der Waals surface area contributed by atoms with Crippen LogP contribution in [-0.4, -0.2) is 5.04 Å². The number of nitrogens with zero attached hydrogens (tertiary/aromatic N) is 1. The largest absolute Gasteiger partial charge is 0.397 e. The summed E-state index contributed by atoms with van der Waals surface area (Å²) < 4.78 is 0. The molecule has 0 aliphatic carbocycles. The van der Waals surface area contributed by atoms with E-state index >= 15 is 0 Å². The van der Waals surface area contributed by atoms with Gasteiger partial charge in [0.15, 0.2) is 0 Å². The van der Waals surface area contributed by atoms with Crippen LogP contribution >= 0.6 is 35.0 Å². The van der Waals surface area contributed by atoms with E-state index in [1.54, 1.807) is 24.3 Å². The highest BCUT2D eigenvalue weighted by atomic mass is 35.5. The molecule has 0 saturated carbocycles. The van der Waals surface area contributed by atoms with E-state index in [4.69, 9.17) is 39.6 Å². The van der Waals surface area contributed by atoms with Gasteiger partial charge in [-0.3, -0.25) is 5.41 Å². The zero-order valence-corrected chi connectivity index (χ0v) is 11.3. The maximum Gasteiger partial charge on any atom is 0.112 e. The van der Waals surface area contributed by atoms with Gasteiger partial charge in [0.05, 0.1) is 15.7 Å². The van der Waals surface area contributed by atoms with Crippen molar-refractivity contribution in [1.82, 2.24) is 0 Å². The molecule has 1 aromatic carbocycles. The van der Waals surface area contributed by atoms with E-state index in [1.807, 2.05) is 6.07 Å². The van der Waals surface area contributed by atoms with E-state index in [0.717, 1.165) is 17.3 Å². The summed E-state index contributed by atoms with van der Waals surface area (Å²) in [5.74, 6) is 0. The smallest absolute Gasteiger partial charge is 0.112 e. The first kappa shape index (κ1) is 13.0. The van der Waals surface area contributed by atoms with E-state index in [0.29, 0.717) is 20.6 Å². The molecule has 0 saturated heterocycles. The normalized spacial score (nSPS) is 17.4. The van der Waals surface area contributed by atoms with Crippen molar-refractivity contribution in [3.63, 3.8) is 0 Å². The van der Waals surface area contributed by atoms with Crippen molar-refractivity contribution < 1.29 is 0 Å². The first-order chi connectivity index (χ1) is 8.52. The van der Waals surface area contributed by atoms with Gasteiger partial charge >= 0.3 is 0 Å². The molecule has 0 fully saturated rings. The first-order valence-corrected chi connectivity index (χ1v) is 6.44. The standard InChI is InChI=1S/C12H7Cl2N3S/c13-8-2-1-6(3-9(8)14)4-10-11(16)7(5-15)12(17)18-10/h1-4,17H,16H2. The van der Waals surface area contributed by atoms with Crippen LogP contribution in [0.3, 0.4) is 0 Å². The predicted octanol–water partition coefficient (Wildman–Crippen LogP) is 3.79. The van der Waals surface area contributed by atoms with Crippen molar-refractivity contribution >= 4 is 46.1 Å². The fraction of sp³-hybridized carbons (Fsp3) is 0. The van der Waals surface area contributed by atoms with Gasteiger partial charge in [-0.25, -0.2) is 0 Å². The minimum Gasteiger partial charge on any atom is -0.397 e. The number of hydrogen-bond acceptors (Lipinski definition) is 4. The molecule has 0 atom stereocenters. The molecule has 1 heterocycles. The molecule has 18 heavy (non-hydrogen) atoms. The molecule has 0 bridgehead atoms. The van der Waals surface area contributed by atoms with Crippen molar-refractivity contribution in [3.05, 3.63) is 50.0 Å². The fourth-order valence-electron chi connectivity index (χ4n) is 1.43. The van der Waals surface area contributed by atoms with Crippen LogP contribution in [0.15, 0.2) is 34.4 Å². The Morgan fingerprint density at radius 3 is 2.61 bits per heavy atom. The monoisotopic (exact) mass is 295 g/mol. The number of benzene rings is 1. The lowest BCUT2D eigenvalue weighted by atomic mass is 10.1. The Balaban J connectivity index is 2.42. The summed E-state index contributed by atoms with van der Waals surface area (Å²) in [6, 6.07) is 7.11. The number of nitrogens with one attached hydrogen (secondary N) is 1. The van der Waals surface area contributed by atoms with E-state index < -0.39 is 0 Å². The number of rotatable bonds is 1. The van der Waals surface area contributed by atoms with Gasteiger partial charge < -0.3 is 5.73 Å². The zero-order valence-electron chi connectivity index (χ0n) is 9.00. The van der Waals surface area contributed by atoms with Gasteiger partial charge in [-0.15, -0.1) is 0 Å². The van der Waals surface area contributed by atoms with Crippen molar-refractivity contribution in [2.24, 2.45) is 5.73 Å². The summed E-state index contributed by atoms with van der Waals surface area (Å²) >= 11 is 12.9. The molecule has 1 aliphatic heterocycles. The summed E-state index contributed by atoms with van der Waals surface area (Å²) in [7, 11) is 0. The van der Waals surface area contributed by atoms with Gasteiger partial charge in [-0.2, -0.15) is 5.26 Å². The van der Waals surface area contributed by atoms with Crippen LogP contribution in [-0.2, 0) is 0 Å². The molecule has 0 amide bonds. The van der Waals surface area contributed by atoms with Crippen LogP contribution in [0.25, 0.3) is 6.08 Å². The summed E-state index contributed by atoms with van der Waals surface area (Å²) in [4.78, 5) is 0.676. The highest BCUT2D eigenvalue weighted by Crippen LogP contribution is 2.36. The van der Waals surface area contributed by atoms with Crippen molar-refractivity contribution in [2.75, 3.05) is 0 Å². The molecule has 3 nitrogen and oxygen atoms in total. The van der Waals surface area contributed by atoms with E-state index in [9.17, 15) is 0 Å². The molecule has 90 valence electrons. The van der Waals surface area contributed by atoms with Crippen LogP contribution in [0.4, 0.5) is 0 Å². The van der Waals surface area contributed by atoms with Gasteiger partial charge in [-0.1, -0.05) is 41.0 Å². The molecule has 2 rings (SSSR count). The third-order valence-electron chi connectivity index (χ3n) is 2.33. The third-order valence-corrected chi connectivity index (χ3v) is 4.03. The molecule has 1 aromatic rings. The number of thioether (sulfide) groups is 1. The first-order valence-electron chi connectivity index (χ1n) is 4.86. The highest BCUT2D eigenvalue weighted by Gasteiger charge is 2.23. The van der Waals surface area contributed by atoms with Crippen LogP contribution in [0.2, 0.25) is 10.0 Å². The molecule has 3 N–H and O–H groups in total. The topological polar surface area (TPSA) is 73.7 Å². The van der Waals surface area contributed by atoms with E-state index in [1.165, 1.54) is 0 Å². The number of nitrogens with two attached hydrogens (primary N) is 1. The Morgan fingerprint density at radius 1 is 1.33 bits per heavy atom. The summed E-state index contributed by atoms with van der Waals surface area (Å²) in [6.07, 6.45) is 1.78. The number of nitriles is 1. The minimum absolute atomic E-state index is 0.168. The SMILES string of the molecule is N#CC1=C(N)C(=Cc2ccc(Cl)c(Cl)c2)SC1=N. The Bertz CT molecular complexity index is 641. The maximum atomic E-state index is 8.86. The van der Waals surface area contributed by atoms with E-state index in [2.05, 4.69) is 0 Å². The van der Waals surface area contributed by atoms with Crippen molar-refractivity contribution in [2.45, 2.75) is 0 Å². The molecule has 1 aliphatic rings. The average molecular weight is 296 g/mol. The molecule has 0 spiro atoms. The van der Waals surface area contributed by atoms with Gasteiger partial charge in [0.1, 0.15) is 16.7 Å².